The van der Waals surface area contributed by atoms with Crippen LogP contribution in [-0.4, -0.2) is 74.6 Å². The van der Waals surface area contributed by atoms with Crippen LogP contribution in [0.15, 0.2) is 0 Å². The highest BCUT2D eigenvalue weighted by Crippen LogP contribution is 2.35. The summed E-state index contributed by atoms with van der Waals surface area (Å²) in [5, 5.41) is 5.47. The van der Waals surface area contributed by atoms with Crippen LogP contribution < -0.4 is 10.6 Å². The Hall–Kier alpha value is -1.35. The fourth-order valence-electron chi connectivity index (χ4n) is 4.45. The van der Waals surface area contributed by atoms with Gasteiger partial charge < -0.3 is 20.3 Å². The average molecular weight is 388 g/mol. The molecule has 0 aromatic rings. The molecule has 5 atom stereocenters. The highest BCUT2D eigenvalue weighted by molar-refractivity contribution is 7.92. The minimum Gasteiger partial charge on any atom is -0.380 e. The average Bonchev–Trinajstić information content (AvgIpc) is 3.08. The number of carbonyl (C=O) groups excluding carboxylic acids is 2. The van der Waals surface area contributed by atoms with Gasteiger partial charge in [0.05, 0.1) is 29.2 Å². The van der Waals surface area contributed by atoms with Crippen molar-refractivity contribution in [1.82, 2.24) is 15.5 Å². The van der Waals surface area contributed by atoms with Gasteiger partial charge in [-0.05, 0) is 11.8 Å². The van der Waals surface area contributed by atoms with E-state index < -0.39 is 15.1 Å². The van der Waals surface area contributed by atoms with Crippen molar-refractivity contribution < 1.29 is 22.7 Å². The van der Waals surface area contributed by atoms with Crippen LogP contribution in [-0.2, 0) is 19.4 Å². The lowest BCUT2D eigenvalue weighted by Crippen LogP contribution is -2.61. The van der Waals surface area contributed by atoms with Crippen molar-refractivity contribution >= 4 is 21.8 Å². The summed E-state index contributed by atoms with van der Waals surface area (Å²) >= 11 is 0. The van der Waals surface area contributed by atoms with Crippen LogP contribution in [0.3, 0.4) is 0 Å². The number of hydrogen-bond donors (Lipinski definition) is 2. The number of amides is 3. The van der Waals surface area contributed by atoms with Gasteiger partial charge in [0.15, 0.2) is 9.84 Å². The summed E-state index contributed by atoms with van der Waals surface area (Å²) in [7, 11) is -1.71. The summed E-state index contributed by atoms with van der Waals surface area (Å²) in [6.45, 7) is 6.67. The molecule has 3 aliphatic heterocycles. The summed E-state index contributed by atoms with van der Waals surface area (Å²) in [5.41, 5.74) is -0.194. The molecule has 2 N–H and O–H groups in total. The molecule has 3 heterocycles. The van der Waals surface area contributed by atoms with Gasteiger partial charge in [-0.25, -0.2) is 13.2 Å². The van der Waals surface area contributed by atoms with E-state index in [2.05, 4.69) is 10.6 Å². The molecule has 148 valence electrons. The molecule has 3 fully saturated rings. The van der Waals surface area contributed by atoms with Crippen LogP contribution in [0.25, 0.3) is 0 Å². The predicted octanol–water partition coefficient (Wildman–Crippen LogP) is 0.133. The van der Waals surface area contributed by atoms with Crippen LogP contribution in [0, 0.1) is 11.3 Å². The summed E-state index contributed by atoms with van der Waals surface area (Å²) < 4.78 is 29.9. The largest absolute Gasteiger partial charge is 0.380 e. The van der Waals surface area contributed by atoms with E-state index in [1.165, 1.54) is 7.11 Å². The topological polar surface area (TPSA) is 105 Å². The number of nitrogens with zero attached hydrogens (tertiary/aromatic N) is 1. The number of likely N-dealkylation sites (tertiary alicyclic amines) is 1. The molecule has 0 aromatic heterocycles. The fourth-order valence-corrected chi connectivity index (χ4v) is 6.74. The summed E-state index contributed by atoms with van der Waals surface area (Å²) in [6.07, 6.45) is 0.612. The standard InChI is InChI=1S/C17H29N3O5S/c1-17(2,3)15-11(5-6-14(21)19-15)18-16(22)20-7-10-12(25-4)9-26(23,24)13(10)8-20/h10-13,15H,5-9H2,1-4H3,(H,18,22)(H,19,21)/t10-,11-,12-,13-,15-/m1/s1. The molecule has 0 unspecified atom stereocenters. The molecule has 0 bridgehead atoms. The van der Waals surface area contributed by atoms with Crippen molar-refractivity contribution in [1.29, 1.82) is 0 Å². The number of ether oxygens (including phenoxy) is 1. The lowest BCUT2D eigenvalue weighted by Gasteiger charge is -2.41. The van der Waals surface area contributed by atoms with Crippen LogP contribution in [0.1, 0.15) is 33.6 Å². The number of methoxy groups -OCH3 is 1. The van der Waals surface area contributed by atoms with E-state index in [9.17, 15) is 18.0 Å². The Balaban J connectivity index is 1.68. The van der Waals surface area contributed by atoms with Gasteiger partial charge in [-0.1, -0.05) is 20.8 Å². The third-order valence-electron chi connectivity index (χ3n) is 5.88. The molecule has 0 radical (unpaired) electrons. The summed E-state index contributed by atoms with van der Waals surface area (Å²) in [4.78, 5) is 26.1. The number of piperidine rings is 1. The molecule has 0 aromatic carbocycles. The van der Waals surface area contributed by atoms with Crippen molar-refractivity contribution in [3.05, 3.63) is 0 Å². The summed E-state index contributed by atoms with van der Waals surface area (Å²) in [5.74, 6) is -0.130. The zero-order chi connectivity index (χ0) is 19.3. The Morgan fingerprint density at radius 2 is 2.00 bits per heavy atom. The molecular formula is C17H29N3O5S. The van der Waals surface area contributed by atoms with Gasteiger partial charge in [-0.3, -0.25) is 4.79 Å². The number of carbonyl (C=O) groups is 2. The van der Waals surface area contributed by atoms with Gasteiger partial charge in [0.25, 0.3) is 0 Å². The summed E-state index contributed by atoms with van der Waals surface area (Å²) in [6, 6.07) is -0.597. The molecule has 0 aliphatic carbocycles. The van der Waals surface area contributed by atoms with E-state index in [0.29, 0.717) is 19.4 Å². The Morgan fingerprint density at radius 1 is 1.31 bits per heavy atom. The molecular weight excluding hydrogens is 358 g/mol. The molecule has 9 heteroatoms. The van der Waals surface area contributed by atoms with Crippen LogP contribution in [0.2, 0.25) is 0 Å². The lowest BCUT2D eigenvalue weighted by atomic mass is 9.79. The molecule has 3 amide bonds. The van der Waals surface area contributed by atoms with Gasteiger partial charge in [-0.2, -0.15) is 0 Å². The van der Waals surface area contributed by atoms with Gasteiger partial charge in [0, 0.05) is 32.5 Å². The first-order valence-electron chi connectivity index (χ1n) is 9.12. The number of hydrogen-bond acceptors (Lipinski definition) is 5. The van der Waals surface area contributed by atoms with Crippen molar-refractivity contribution in [2.45, 2.75) is 57.1 Å². The van der Waals surface area contributed by atoms with Crippen molar-refractivity contribution in [3.8, 4) is 0 Å². The van der Waals surface area contributed by atoms with E-state index >= 15 is 0 Å². The third-order valence-corrected chi connectivity index (χ3v) is 8.09. The van der Waals surface area contributed by atoms with Crippen molar-refractivity contribution in [3.63, 3.8) is 0 Å². The number of fused-ring (bicyclic) bond motifs is 1. The molecule has 26 heavy (non-hydrogen) atoms. The van der Waals surface area contributed by atoms with Crippen molar-refractivity contribution in [2.75, 3.05) is 26.0 Å². The number of urea groups is 1. The predicted molar refractivity (Wildman–Crippen MR) is 96.4 cm³/mol. The Kier molecular flexibility index (Phi) is 4.98. The Bertz CT molecular complexity index is 687. The van der Waals surface area contributed by atoms with E-state index in [-0.39, 0.29) is 53.8 Å². The first kappa shape index (κ1) is 19.4. The van der Waals surface area contributed by atoms with Crippen LogP contribution >= 0.6 is 0 Å². The minimum atomic E-state index is -3.23. The van der Waals surface area contributed by atoms with E-state index in [1.54, 1.807) is 4.90 Å². The maximum Gasteiger partial charge on any atom is 0.317 e. The quantitative estimate of drug-likeness (QED) is 0.701. The zero-order valence-corrected chi connectivity index (χ0v) is 16.6. The van der Waals surface area contributed by atoms with Gasteiger partial charge in [-0.15, -0.1) is 0 Å². The normalized spacial score (nSPS) is 36.5. The van der Waals surface area contributed by atoms with Gasteiger partial charge in [0.1, 0.15) is 0 Å². The Labute approximate surface area is 154 Å². The lowest BCUT2D eigenvalue weighted by molar-refractivity contribution is -0.125. The maximum atomic E-state index is 12.8. The molecule has 0 spiro atoms. The number of sulfone groups is 1. The molecule has 0 saturated carbocycles. The highest BCUT2D eigenvalue weighted by atomic mass is 32.2. The van der Waals surface area contributed by atoms with E-state index in [4.69, 9.17) is 4.74 Å². The third kappa shape index (κ3) is 3.55. The maximum absolute atomic E-state index is 12.8. The first-order valence-corrected chi connectivity index (χ1v) is 10.8. The molecule has 3 rings (SSSR count). The monoisotopic (exact) mass is 387 g/mol. The second kappa shape index (κ2) is 6.67. The number of nitrogens with one attached hydrogen (secondary N) is 2. The molecule has 3 aliphatic rings. The van der Waals surface area contributed by atoms with Crippen molar-refractivity contribution in [2.24, 2.45) is 11.3 Å². The second-order valence-corrected chi connectivity index (χ2v) is 11.0. The van der Waals surface area contributed by atoms with E-state index in [1.807, 2.05) is 20.8 Å². The minimum absolute atomic E-state index is 0.000147. The fraction of sp³-hybridized carbons (Fsp3) is 0.882. The second-order valence-electron chi connectivity index (χ2n) is 8.72. The Morgan fingerprint density at radius 3 is 2.62 bits per heavy atom. The molecule has 8 nitrogen and oxygen atoms in total. The molecule has 3 saturated heterocycles. The first-order chi connectivity index (χ1) is 12.0. The van der Waals surface area contributed by atoms with Gasteiger partial charge >= 0.3 is 6.03 Å². The number of rotatable bonds is 2. The highest BCUT2D eigenvalue weighted by Gasteiger charge is 2.53. The smallest absolute Gasteiger partial charge is 0.317 e. The zero-order valence-electron chi connectivity index (χ0n) is 15.8. The van der Waals surface area contributed by atoms with Gasteiger partial charge in [0.2, 0.25) is 5.91 Å². The SMILES string of the molecule is CO[C@@H]1CS(=O)(=O)[C@@H]2CN(C(=O)N[C@@H]3CCC(=O)N[C@H]3C(C)(C)C)C[C@@H]21. The van der Waals surface area contributed by atoms with Crippen LogP contribution in [0.4, 0.5) is 4.79 Å². The van der Waals surface area contributed by atoms with Crippen LogP contribution in [0.5, 0.6) is 0 Å². The van der Waals surface area contributed by atoms with E-state index in [0.717, 1.165) is 0 Å².